The van der Waals surface area contributed by atoms with E-state index < -0.39 is 0 Å². The monoisotopic (exact) mass is 661 g/mol. The summed E-state index contributed by atoms with van der Waals surface area (Å²) in [6.45, 7) is 0. The van der Waals surface area contributed by atoms with E-state index in [0.29, 0.717) is 0 Å². The van der Waals surface area contributed by atoms with Crippen molar-refractivity contribution < 1.29 is 0 Å². The van der Waals surface area contributed by atoms with E-state index in [0.717, 1.165) is 27.8 Å². The molecule has 3 heteroatoms. The summed E-state index contributed by atoms with van der Waals surface area (Å²) >= 11 is 0. The van der Waals surface area contributed by atoms with E-state index in [1.54, 1.807) is 0 Å². The third kappa shape index (κ3) is 4.30. The molecule has 242 valence electrons. The zero-order chi connectivity index (χ0) is 34.2. The van der Waals surface area contributed by atoms with Crippen LogP contribution in [0.1, 0.15) is 0 Å². The summed E-state index contributed by atoms with van der Waals surface area (Å²) in [6, 6.07) is 68.1. The average Bonchev–Trinajstić information content (AvgIpc) is 3.56. The number of imidazole rings is 1. The van der Waals surface area contributed by atoms with Crippen LogP contribution in [0.2, 0.25) is 0 Å². The molecule has 3 nitrogen and oxygen atoms in total. The molecule has 0 N–H and O–H groups in total. The van der Waals surface area contributed by atoms with Crippen LogP contribution in [0.15, 0.2) is 188 Å². The lowest BCUT2D eigenvalue weighted by molar-refractivity contribution is 1.29. The molecule has 10 aromatic rings. The largest absolute Gasteiger partial charge is 0.309 e. The maximum absolute atomic E-state index is 5.10. The Morgan fingerprint density at radius 2 is 0.962 bits per heavy atom. The molecule has 2 aromatic heterocycles. The van der Waals surface area contributed by atoms with Gasteiger partial charge in [-0.1, -0.05) is 121 Å². The lowest BCUT2D eigenvalue weighted by Gasteiger charge is -2.27. The standard InChI is InChI=1S/C49H31N3/c1-2-15-36(16-3-1)51-45-22-9-6-19-39(45)37-17-4-5-18-38(37)43-31-35(26-28-47(43)51)33-14-12-13-32(29-33)34-25-27-41-42(30-34)40-20-7-10-23-46(40)52-48-24-11-8-21-44(48)50-49(41)52/h1-31H. The normalized spacial score (nSPS) is 12.2. The fourth-order valence-electron chi connectivity index (χ4n) is 8.33. The molecular weight excluding hydrogens is 631 g/mol. The number of para-hydroxylation sites is 5. The highest BCUT2D eigenvalue weighted by Gasteiger charge is 2.26. The molecule has 11 rings (SSSR count). The van der Waals surface area contributed by atoms with Crippen molar-refractivity contribution in [2.45, 2.75) is 0 Å². The first-order valence-corrected chi connectivity index (χ1v) is 17.8. The van der Waals surface area contributed by atoms with Gasteiger partial charge >= 0.3 is 0 Å². The predicted molar refractivity (Wildman–Crippen MR) is 218 cm³/mol. The lowest BCUT2D eigenvalue weighted by Crippen LogP contribution is -2.10. The van der Waals surface area contributed by atoms with E-state index >= 15 is 0 Å². The van der Waals surface area contributed by atoms with Gasteiger partial charge in [-0.15, -0.1) is 0 Å². The smallest absolute Gasteiger partial charge is 0.146 e. The molecule has 0 bridgehead atoms. The molecule has 0 saturated carbocycles. The van der Waals surface area contributed by atoms with E-state index in [4.69, 9.17) is 4.98 Å². The van der Waals surface area contributed by atoms with Crippen LogP contribution in [0.4, 0.5) is 17.1 Å². The van der Waals surface area contributed by atoms with Crippen molar-refractivity contribution in [2.75, 3.05) is 4.90 Å². The molecule has 0 amide bonds. The number of nitrogens with zero attached hydrogens (tertiary/aromatic N) is 3. The first-order chi connectivity index (χ1) is 25.8. The van der Waals surface area contributed by atoms with Crippen LogP contribution < -0.4 is 4.90 Å². The van der Waals surface area contributed by atoms with Gasteiger partial charge in [0.1, 0.15) is 5.65 Å². The summed E-state index contributed by atoms with van der Waals surface area (Å²) in [5, 5.41) is 3.59. The van der Waals surface area contributed by atoms with Crippen LogP contribution in [0.3, 0.4) is 0 Å². The van der Waals surface area contributed by atoms with Crippen molar-refractivity contribution in [2.24, 2.45) is 0 Å². The van der Waals surface area contributed by atoms with Crippen LogP contribution in [0.25, 0.3) is 82.9 Å². The van der Waals surface area contributed by atoms with E-state index in [2.05, 4.69) is 197 Å². The Kier molecular flexibility index (Phi) is 6.25. The highest BCUT2D eigenvalue weighted by Crippen LogP contribution is 2.51. The van der Waals surface area contributed by atoms with Crippen LogP contribution in [-0.4, -0.2) is 9.38 Å². The number of hydrogen-bond acceptors (Lipinski definition) is 2. The van der Waals surface area contributed by atoms with Gasteiger partial charge in [0.15, 0.2) is 0 Å². The van der Waals surface area contributed by atoms with Crippen molar-refractivity contribution in [3.63, 3.8) is 0 Å². The van der Waals surface area contributed by atoms with Gasteiger partial charge in [0.25, 0.3) is 0 Å². The van der Waals surface area contributed by atoms with E-state index in [1.807, 2.05) is 0 Å². The number of anilines is 3. The SMILES string of the molecule is c1ccc(N2c3ccccc3-c3ccccc3-c3cc(-c4cccc(-c5ccc6c(c5)c5ccccc5n5c7ccccc7nc65)c4)ccc32)cc1. The van der Waals surface area contributed by atoms with E-state index in [-0.39, 0.29) is 0 Å². The number of pyridine rings is 1. The quantitative estimate of drug-likeness (QED) is 0.176. The highest BCUT2D eigenvalue weighted by atomic mass is 15.1. The summed E-state index contributed by atoms with van der Waals surface area (Å²) in [7, 11) is 0. The minimum atomic E-state index is 0.993. The maximum atomic E-state index is 5.10. The first-order valence-electron chi connectivity index (χ1n) is 17.8. The Labute approximate surface area is 301 Å². The van der Waals surface area contributed by atoms with Crippen molar-refractivity contribution in [3.8, 4) is 44.5 Å². The Morgan fingerprint density at radius 3 is 1.81 bits per heavy atom. The minimum Gasteiger partial charge on any atom is -0.309 e. The number of fused-ring (bicyclic) bond motifs is 13. The Bertz CT molecular complexity index is 3030. The Balaban J connectivity index is 1.08. The first kappa shape index (κ1) is 28.8. The van der Waals surface area contributed by atoms with Crippen LogP contribution in [0.5, 0.6) is 0 Å². The van der Waals surface area contributed by atoms with E-state index in [1.165, 1.54) is 72.2 Å². The highest BCUT2D eigenvalue weighted by molar-refractivity contribution is 6.15. The molecule has 0 saturated heterocycles. The molecule has 8 aromatic carbocycles. The number of hydrogen-bond donors (Lipinski definition) is 0. The molecule has 1 aliphatic heterocycles. The molecule has 3 heterocycles. The molecule has 0 unspecified atom stereocenters. The van der Waals surface area contributed by atoms with Gasteiger partial charge in [0.2, 0.25) is 0 Å². The van der Waals surface area contributed by atoms with Crippen molar-refractivity contribution in [1.82, 2.24) is 9.38 Å². The zero-order valence-corrected chi connectivity index (χ0v) is 28.2. The third-order valence-corrected chi connectivity index (χ3v) is 10.7. The number of rotatable bonds is 3. The van der Waals surface area contributed by atoms with Gasteiger partial charge in [0, 0.05) is 27.6 Å². The second-order valence-corrected chi connectivity index (χ2v) is 13.6. The maximum Gasteiger partial charge on any atom is 0.146 e. The van der Waals surface area contributed by atoms with Gasteiger partial charge in [-0.05, 0) is 105 Å². The van der Waals surface area contributed by atoms with Crippen molar-refractivity contribution >= 4 is 55.4 Å². The van der Waals surface area contributed by atoms with Crippen molar-refractivity contribution in [3.05, 3.63) is 188 Å². The molecule has 0 radical (unpaired) electrons. The topological polar surface area (TPSA) is 20.5 Å². The van der Waals surface area contributed by atoms with Gasteiger partial charge in [-0.3, -0.25) is 4.40 Å². The van der Waals surface area contributed by atoms with Gasteiger partial charge < -0.3 is 4.90 Å². The van der Waals surface area contributed by atoms with Gasteiger partial charge in [0.05, 0.1) is 27.9 Å². The summed E-state index contributed by atoms with van der Waals surface area (Å²) in [5.74, 6) is 0. The average molecular weight is 662 g/mol. The third-order valence-electron chi connectivity index (χ3n) is 10.7. The molecule has 0 spiro atoms. The molecule has 0 aliphatic carbocycles. The van der Waals surface area contributed by atoms with Crippen molar-refractivity contribution in [1.29, 1.82) is 0 Å². The molecular formula is C49H31N3. The molecule has 52 heavy (non-hydrogen) atoms. The summed E-state index contributed by atoms with van der Waals surface area (Å²) < 4.78 is 2.31. The Morgan fingerprint density at radius 1 is 0.346 bits per heavy atom. The summed E-state index contributed by atoms with van der Waals surface area (Å²) in [4.78, 5) is 7.51. The van der Waals surface area contributed by atoms with Crippen LogP contribution in [-0.2, 0) is 0 Å². The fourth-order valence-corrected chi connectivity index (χ4v) is 8.33. The lowest BCUT2D eigenvalue weighted by atomic mass is 9.91. The predicted octanol–water partition coefficient (Wildman–Crippen LogP) is 13.2. The van der Waals surface area contributed by atoms with Gasteiger partial charge in [-0.25, -0.2) is 4.98 Å². The van der Waals surface area contributed by atoms with Crippen LogP contribution in [0, 0.1) is 0 Å². The molecule has 0 fully saturated rings. The number of benzene rings is 8. The van der Waals surface area contributed by atoms with Crippen LogP contribution >= 0.6 is 0 Å². The number of aromatic nitrogens is 2. The second-order valence-electron chi connectivity index (χ2n) is 13.6. The zero-order valence-electron chi connectivity index (χ0n) is 28.2. The molecule has 0 atom stereocenters. The Hall–Kier alpha value is -6.97. The van der Waals surface area contributed by atoms with Gasteiger partial charge in [-0.2, -0.15) is 0 Å². The summed E-state index contributed by atoms with van der Waals surface area (Å²) in [6.07, 6.45) is 0. The summed E-state index contributed by atoms with van der Waals surface area (Å²) in [5.41, 5.74) is 17.5. The molecule has 1 aliphatic rings. The fraction of sp³-hybridized carbons (Fsp3) is 0. The minimum absolute atomic E-state index is 0.993. The second kappa shape index (κ2) is 11.3. The van der Waals surface area contributed by atoms with E-state index in [9.17, 15) is 0 Å².